The Bertz CT molecular complexity index is 1050. The summed E-state index contributed by atoms with van der Waals surface area (Å²) in [5.74, 6) is -1.06. The summed E-state index contributed by atoms with van der Waals surface area (Å²) in [6.45, 7) is 2.00. The van der Waals surface area contributed by atoms with Gasteiger partial charge in [-0.2, -0.15) is 0 Å². The van der Waals surface area contributed by atoms with Gasteiger partial charge in [0.15, 0.2) is 11.5 Å². The maximum atomic E-state index is 14.4. The van der Waals surface area contributed by atoms with Gasteiger partial charge in [-0.25, -0.2) is 9.37 Å². The molecule has 2 aromatic carbocycles. The van der Waals surface area contributed by atoms with E-state index < -0.39 is 22.3 Å². The lowest BCUT2D eigenvalue weighted by Gasteiger charge is -2.12. The van der Waals surface area contributed by atoms with Crippen molar-refractivity contribution in [3.63, 3.8) is 0 Å². The molecule has 3 rings (SSSR count). The van der Waals surface area contributed by atoms with Gasteiger partial charge in [0.25, 0.3) is 11.6 Å². The molecule has 0 unspecified atom stereocenters. The Morgan fingerprint density at radius 2 is 2.10 bits per heavy atom. The zero-order valence-electron chi connectivity index (χ0n) is 15.6. The molecule has 29 heavy (non-hydrogen) atoms. The van der Waals surface area contributed by atoms with E-state index in [4.69, 9.17) is 9.47 Å². The summed E-state index contributed by atoms with van der Waals surface area (Å²) in [5.41, 5.74) is -0.314. The van der Waals surface area contributed by atoms with Crippen molar-refractivity contribution >= 4 is 17.3 Å². The van der Waals surface area contributed by atoms with Gasteiger partial charge in [-0.1, -0.05) is 0 Å². The number of methoxy groups -OCH3 is 1. The van der Waals surface area contributed by atoms with Crippen LogP contribution in [0.15, 0.2) is 49.1 Å². The zero-order chi connectivity index (χ0) is 21.0. The molecule has 0 spiro atoms. The Kier molecular flexibility index (Phi) is 5.72. The number of nitrogens with one attached hydrogen (secondary N) is 1. The van der Waals surface area contributed by atoms with Gasteiger partial charge >= 0.3 is 0 Å². The fourth-order valence-electron chi connectivity index (χ4n) is 2.70. The van der Waals surface area contributed by atoms with E-state index in [0.717, 1.165) is 12.1 Å². The minimum Gasteiger partial charge on any atom is -0.493 e. The first-order chi connectivity index (χ1) is 13.9. The van der Waals surface area contributed by atoms with Crippen LogP contribution in [0.3, 0.4) is 0 Å². The fourth-order valence-corrected chi connectivity index (χ4v) is 2.70. The highest BCUT2D eigenvalue weighted by atomic mass is 19.1. The maximum absolute atomic E-state index is 14.4. The number of amides is 1. The zero-order valence-corrected chi connectivity index (χ0v) is 15.6. The van der Waals surface area contributed by atoms with Crippen molar-refractivity contribution in [3.05, 3.63) is 70.5 Å². The second kappa shape index (κ2) is 8.38. The average molecular weight is 400 g/mol. The number of anilines is 1. The molecule has 0 saturated carbocycles. The Balaban J connectivity index is 1.93. The van der Waals surface area contributed by atoms with Crippen molar-refractivity contribution < 1.29 is 23.6 Å². The van der Waals surface area contributed by atoms with E-state index >= 15 is 0 Å². The molecule has 0 atom stereocenters. The molecule has 1 heterocycles. The highest BCUT2D eigenvalue weighted by Gasteiger charge is 2.25. The van der Waals surface area contributed by atoms with Crippen molar-refractivity contribution in [1.82, 2.24) is 9.55 Å². The Morgan fingerprint density at radius 3 is 2.69 bits per heavy atom. The summed E-state index contributed by atoms with van der Waals surface area (Å²) < 4.78 is 26.3. The summed E-state index contributed by atoms with van der Waals surface area (Å²) in [5, 5.41) is 13.9. The number of halogens is 1. The molecule has 10 heteroatoms. The number of rotatable bonds is 7. The summed E-state index contributed by atoms with van der Waals surface area (Å²) in [6.07, 6.45) is 4.52. The van der Waals surface area contributed by atoms with Crippen molar-refractivity contribution in [3.8, 4) is 17.2 Å². The second-order valence-corrected chi connectivity index (χ2v) is 5.80. The van der Waals surface area contributed by atoms with E-state index in [1.54, 1.807) is 13.1 Å². The monoisotopic (exact) mass is 400 g/mol. The standard InChI is InChI=1S/C19H17FN4O5/c1-3-29-18-9-13(16(24(26)27)10-17(18)28-2)19(25)22-12-4-5-15(14(20)8-12)23-7-6-21-11-23/h4-11H,3H2,1-2H3,(H,22,25). The number of benzene rings is 2. The summed E-state index contributed by atoms with van der Waals surface area (Å²) in [6, 6.07) is 6.40. The van der Waals surface area contributed by atoms with Gasteiger partial charge in [0.05, 0.1) is 36.7 Å². The van der Waals surface area contributed by atoms with Crippen LogP contribution in [0.25, 0.3) is 5.69 Å². The largest absolute Gasteiger partial charge is 0.493 e. The van der Waals surface area contributed by atoms with Gasteiger partial charge in [-0.15, -0.1) is 0 Å². The third-order valence-electron chi connectivity index (χ3n) is 4.01. The Hall–Kier alpha value is -3.95. The second-order valence-electron chi connectivity index (χ2n) is 5.80. The molecular weight excluding hydrogens is 383 g/mol. The van der Waals surface area contributed by atoms with Crippen LogP contribution < -0.4 is 14.8 Å². The van der Waals surface area contributed by atoms with Crippen molar-refractivity contribution in [2.75, 3.05) is 19.0 Å². The molecule has 9 nitrogen and oxygen atoms in total. The quantitative estimate of drug-likeness (QED) is 0.480. The van der Waals surface area contributed by atoms with Crippen molar-refractivity contribution in [2.24, 2.45) is 0 Å². The first-order valence-corrected chi connectivity index (χ1v) is 8.53. The molecule has 150 valence electrons. The lowest BCUT2D eigenvalue weighted by Crippen LogP contribution is -2.15. The normalized spacial score (nSPS) is 10.4. The van der Waals surface area contributed by atoms with Crippen LogP contribution in [-0.2, 0) is 0 Å². The topological polar surface area (TPSA) is 109 Å². The maximum Gasteiger partial charge on any atom is 0.286 e. The van der Waals surface area contributed by atoms with Crippen molar-refractivity contribution in [2.45, 2.75) is 6.92 Å². The van der Waals surface area contributed by atoms with E-state index in [1.165, 1.54) is 42.4 Å². The van der Waals surface area contributed by atoms with Gasteiger partial charge < -0.3 is 19.4 Å². The minimum absolute atomic E-state index is 0.130. The Labute approximate surface area is 164 Å². The van der Waals surface area contributed by atoms with Crippen molar-refractivity contribution in [1.29, 1.82) is 0 Å². The van der Waals surface area contributed by atoms with Crippen LogP contribution in [-0.4, -0.2) is 34.1 Å². The van der Waals surface area contributed by atoms with Gasteiger partial charge in [-0.05, 0) is 25.1 Å². The molecule has 0 fully saturated rings. The predicted molar refractivity (Wildman–Crippen MR) is 102 cm³/mol. The van der Waals surface area contributed by atoms with Crippen LogP contribution in [0, 0.1) is 15.9 Å². The number of nitro benzene ring substituents is 1. The first kappa shape index (κ1) is 19.8. The minimum atomic E-state index is -0.782. The lowest BCUT2D eigenvalue weighted by molar-refractivity contribution is -0.385. The van der Waals surface area contributed by atoms with Crippen LogP contribution in [0.1, 0.15) is 17.3 Å². The van der Waals surface area contributed by atoms with E-state index in [2.05, 4.69) is 10.3 Å². The van der Waals surface area contributed by atoms with Gasteiger partial charge in [0, 0.05) is 24.1 Å². The van der Waals surface area contributed by atoms with Crippen LogP contribution in [0.4, 0.5) is 15.8 Å². The molecule has 0 aliphatic heterocycles. The van der Waals surface area contributed by atoms with E-state index in [1.807, 2.05) is 0 Å². The average Bonchev–Trinajstić information content (AvgIpc) is 3.22. The molecule has 0 aliphatic carbocycles. The lowest BCUT2D eigenvalue weighted by atomic mass is 10.1. The number of imidazole rings is 1. The first-order valence-electron chi connectivity index (χ1n) is 8.53. The number of nitro groups is 1. The Morgan fingerprint density at radius 1 is 1.31 bits per heavy atom. The number of carbonyl (C=O) groups is 1. The number of ether oxygens (including phenoxy) is 2. The fraction of sp³-hybridized carbons (Fsp3) is 0.158. The number of hydrogen-bond donors (Lipinski definition) is 1. The number of carbonyl (C=O) groups excluding carboxylic acids is 1. The van der Waals surface area contributed by atoms with Gasteiger partial charge in [-0.3, -0.25) is 14.9 Å². The summed E-state index contributed by atoms with van der Waals surface area (Å²) in [4.78, 5) is 27.2. The highest BCUT2D eigenvalue weighted by Crippen LogP contribution is 2.35. The molecule has 0 bridgehead atoms. The third kappa shape index (κ3) is 4.15. The number of aromatic nitrogens is 2. The molecule has 1 amide bonds. The molecule has 1 aromatic heterocycles. The number of nitrogens with zero attached hydrogens (tertiary/aromatic N) is 3. The molecular formula is C19H17FN4O5. The third-order valence-corrected chi connectivity index (χ3v) is 4.01. The van der Waals surface area contributed by atoms with E-state index in [9.17, 15) is 19.3 Å². The molecule has 3 aromatic rings. The SMILES string of the molecule is CCOc1cc(C(=O)Nc2ccc(-n3ccnc3)c(F)c2)c([N+](=O)[O-])cc1OC. The van der Waals surface area contributed by atoms with Gasteiger partial charge in [0.1, 0.15) is 11.4 Å². The molecule has 0 saturated heterocycles. The number of hydrogen-bond acceptors (Lipinski definition) is 6. The van der Waals surface area contributed by atoms with Crippen LogP contribution in [0.5, 0.6) is 11.5 Å². The van der Waals surface area contributed by atoms with E-state index in [-0.39, 0.29) is 35.0 Å². The molecule has 0 radical (unpaired) electrons. The van der Waals surface area contributed by atoms with Crippen LogP contribution >= 0.6 is 0 Å². The smallest absolute Gasteiger partial charge is 0.286 e. The highest BCUT2D eigenvalue weighted by molar-refractivity contribution is 6.07. The summed E-state index contributed by atoms with van der Waals surface area (Å²) >= 11 is 0. The van der Waals surface area contributed by atoms with E-state index in [0.29, 0.717) is 0 Å². The summed E-state index contributed by atoms with van der Waals surface area (Å²) in [7, 11) is 1.34. The predicted octanol–water partition coefficient (Wildman–Crippen LogP) is 3.58. The van der Waals surface area contributed by atoms with Gasteiger partial charge in [0.2, 0.25) is 0 Å². The van der Waals surface area contributed by atoms with Crippen LogP contribution in [0.2, 0.25) is 0 Å². The molecule has 1 N–H and O–H groups in total. The molecule has 0 aliphatic rings.